The zero-order chi connectivity index (χ0) is 17.1. The van der Waals surface area contributed by atoms with Crippen LogP contribution < -0.4 is 5.56 Å². The van der Waals surface area contributed by atoms with Gasteiger partial charge in [0, 0.05) is 17.0 Å². The van der Waals surface area contributed by atoms with E-state index in [1.165, 1.54) is 5.56 Å². The number of aryl methyl sites for hydroxylation is 3. The fourth-order valence-electron chi connectivity index (χ4n) is 4.01. The van der Waals surface area contributed by atoms with Crippen molar-refractivity contribution in [1.29, 1.82) is 0 Å². The number of fused-ring (bicyclic) bond motifs is 2. The van der Waals surface area contributed by atoms with Gasteiger partial charge in [-0.1, -0.05) is 35.9 Å². The first-order chi connectivity index (χ1) is 12.1. The summed E-state index contributed by atoms with van der Waals surface area (Å²) in [7, 11) is 0. The summed E-state index contributed by atoms with van der Waals surface area (Å²) in [5.74, 6) is 0. The molecule has 1 aliphatic rings. The van der Waals surface area contributed by atoms with Gasteiger partial charge in [0.25, 0.3) is 5.56 Å². The van der Waals surface area contributed by atoms with Gasteiger partial charge in [-0.25, -0.2) is 4.68 Å². The molecule has 0 radical (unpaired) electrons. The second-order valence-electron chi connectivity index (χ2n) is 6.57. The molecule has 0 N–H and O–H groups in total. The van der Waals surface area contributed by atoms with Gasteiger partial charge in [0.1, 0.15) is 0 Å². The molecule has 0 saturated carbocycles. The number of pyridine rings is 1. The molecule has 4 aromatic rings. The molecule has 5 heteroatoms. The fraction of sp³-hybridized carbons (Fsp3) is 0.200. The molecule has 5 rings (SSSR count). The Balaban J connectivity index is 2.02. The first-order valence-electron chi connectivity index (χ1n) is 8.45. The van der Waals surface area contributed by atoms with Crippen molar-refractivity contribution >= 4 is 33.4 Å². The third kappa shape index (κ3) is 2.01. The molecule has 0 fully saturated rings. The van der Waals surface area contributed by atoms with Crippen molar-refractivity contribution in [3.63, 3.8) is 0 Å². The molecule has 0 bridgehead atoms. The van der Waals surface area contributed by atoms with E-state index in [-0.39, 0.29) is 5.56 Å². The maximum absolute atomic E-state index is 13.2. The van der Waals surface area contributed by atoms with E-state index in [0.717, 1.165) is 47.2 Å². The van der Waals surface area contributed by atoms with Crippen LogP contribution in [-0.2, 0) is 13.0 Å². The van der Waals surface area contributed by atoms with Crippen molar-refractivity contribution in [2.75, 3.05) is 0 Å². The average molecular weight is 350 g/mol. The number of hydrogen-bond donors (Lipinski definition) is 0. The highest BCUT2D eigenvalue weighted by Gasteiger charge is 2.22. The maximum Gasteiger partial charge on any atom is 0.262 e. The van der Waals surface area contributed by atoms with Crippen LogP contribution in [0.25, 0.3) is 27.5 Å². The molecule has 2 aromatic heterocycles. The summed E-state index contributed by atoms with van der Waals surface area (Å²) in [6, 6.07) is 13.9. The van der Waals surface area contributed by atoms with Gasteiger partial charge >= 0.3 is 0 Å². The predicted octanol–water partition coefficient (Wildman–Crippen LogP) is 4.25. The van der Waals surface area contributed by atoms with Crippen LogP contribution in [0.5, 0.6) is 0 Å². The summed E-state index contributed by atoms with van der Waals surface area (Å²) in [6.45, 7) is 2.67. The van der Waals surface area contributed by atoms with E-state index in [1.807, 2.05) is 40.4 Å². The van der Waals surface area contributed by atoms with Crippen LogP contribution in [0.15, 0.2) is 47.3 Å². The Labute approximate surface area is 149 Å². The van der Waals surface area contributed by atoms with Crippen molar-refractivity contribution in [2.45, 2.75) is 26.3 Å². The summed E-state index contributed by atoms with van der Waals surface area (Å²) in [5.41, 5.74) is 4.84. The van der Waals surface area contributed by atoms with E-state index >= 15 is 0 Å². The zero-order valence-electron chi connectivity index (χ0n) is 13.8. The standard InChI is InChI=1S/C20H16ClN3O/c1-12-17-19(24(22-12)15-8-3-7-14(21)11-15)16-9-2-5-13-6-4-10-23(18(13)16)20(17)25/h2-3,5,7-9,11H,4,6,10H2,1H3. The third-order valence-electron chi connectivity index (χ3n) is 5.04. The number of hydrogen-bond acceptors (Lipinski definition) is 2. The van der Waals surface area contributed by atoms with Gasteiger partial charge in [-0.05, 0) is 43.5 Å². The third-order valence-corrected chi connectivity index (χ3v) is 5.28. The summed E-state index contributed by atoms with van der Waals surface area (Å²) < 4.78 is 3.78. The van der Waals surface area contributed by atoms with Crippen LogP contribution in [0.4, 0.5) is 0 Å². The van der Waals surface area contributed by atoms with Crippen LogP contribution in [-0.4, -0.2) is 14.3 Å². The summed E-state index contributed by atoms with van der Waals surface area (Å²) >= 11 is 6.18. The van der Waals surface area contributed by atoms with E-state index in [1.54, 1.807) is 0 Å². The second kappa shape index (κ2) is 5.20. The molecule has 25 heavy (non-hydrogen) atoms. The largest absolute Gasteiger partial charge is 0.307 e. The highest BCUT2D eigenvalue weighted by molar-refractivity contribution is 6.30. The number of aromatic nitrogens is 3. The van der Waals surface area contributed by atoms with Gasteiger partial charge in [0.2, 0.25) is 0 Å². The number of rotatable bonds is 1. The fourth-order valence-corrected chi connectivity index (χ4v) is 4.19. The van der Waals surface area contributed by atoms with Crippen molar-refractivity contribution in [3.05, 3.63) is 69.1 Å². The minimum absolute atomic E-state index is 0.0560. The van der Waals surface area contributed by atoms with Gasteiger partial charge in [-0.3, -0.25) is 4.79 Å². The topological polar surface area (TPSA) is 39.8 Å². The van der Waals surface area contributed by atoms with Crippen LogP contribution in [0.1, 0.15) is 17.7 Å². The minimum atomic E-state index is 0.0560. The molecule has 124 valence electrons. The van der Waals surface area contributed by atoms with Crippen molar-refractivity contribution in [2.24, 2.45) is 0 Å². The van der Waals surface area contributed by atoms with Crippen molar-refractivity contribution in [1.82, 2.24) is 14.3 Å². The number of nitrogens with zero attached hydrogens (tertiary/aromatic N) is 3. The van der Waals surface area contributed by atoms with Crippen LogP contribution in [0.3, 0.4) is 0 Å². The van der Waals surface area contributed by atoms with Crippen molar-refractivity contribution < 1.29 is 0 Å². The predicted molar refractivity (Wildman–Crippen MR) is 101 cm³/mol. The van der Waals surface area contributed by atoms with Gasteiger partial charge < -0.3 is 4.57 Å². The van der Waals surface area contributed by atoms with Crippen LogP contribution in [0, 0.1) is 6.92 Å². The Morgan fingerprint density at radius 3 is 2.80 bits per heavy atom. The number of halogens is 1. The molecule has 0 atom stereocenters. The molecule has 3 heterocycles. The highest BCUT2D eigenvalue weighted by Crippen LogP contribution is 2.31. The van der Waals surface area contributed by atoms with Gasteiger partial charge in [0.05, 0.1) is 27.8 Å². The van der Waals surface area contributed by atoms with Crippen LogP contribution >= 0.6 is 11.6 Å². The normalized spacial score (nSPS) is 13.7. The first-order valence-corrected chi connectivity index (χ1v) is 8.82. The Morgan fingerprint density at radius 2 is 1.96 bits per heavy atom. The zero-order valence-corrected chi connectivity index (χ0v) is 14.5. The lowest BCUT2D eigenvalue weighted by atomic mass is 9.99. The molecule has 0 aliphatic carbocycles. The summed E-state index contributed by atoms with van der Waals surface area (Å²) in [4.78, 5) is 13.2. The minimum Gasteiger partial charge on any atom is -0.307 e. The monoisotopic (exact) mass is 349 g/mol. The molecule has 1 aliphatic heterocycles. The lowest BCUT2D eigenvalue weighted by molar-refractivity contribution is 0.619. The van der Waals surface area contributed by atoms with E-state index in [2.05, 4.69) is 23.3 Å². The first kappa shape index (κ1) is 14.7. The number of benzene rings is 2. The van der Waals surface area contributed by atoms with Crippen molar-refractivity contribution in [3.8, 4) is 5.69 Å². The molecule has 2 aromatic carbocycles. The molecule has 0 amide bonds. The molecule has 0 saturated heterocycles. The van der Waals surface area contributed by atoms with E-state index in [9.17, 15) is 4.79 Å². The SMILES string of the molecule is Cc1nn(-c2cccc(Cl)c2)c2c1c(=O)n1c3c(cccc23)CCC1. The average Bonchev–Trinajstić information content (AvgIpc) is 2.97. The second-order valence-corrected chi connectivity index (χ2v) is 7.01. The Bertz CT molecular complexity index is 1220. The summed E-state index contributed by atoms with van der Waals surface area (Å²) in [5, 5.41) is 7.11. The van der Waals surface area contributed by atoms with Crippen LogP contribution in [0.2, 0.25) is 5.02 Å². The van der Waals surface area contributed by atoms with E-state index in [0.29, 0.717) is 10.4 Å². The highest BCUT2D eigenvalue weighted by atomic mass is 35.5. The van der Waals surface area contributed by atoms with E-state index in [4.69, 9.17) is 11.6 Å². The van der Waals surface area contributed by atoms with E-state index < -0.39 is 0 Å². The number of para-hydroxylation sites is 1. The van der Waals surface area contributed by atoms with Gasteiger partial charge in [0.15, 0.2) is 0 Å². The molecule has 4 nitrogen and oxygen atoms in total. The Kier molecular flexibility index (Phi) is 3.06. The molecule has 0 spiro atoms. The summed E-state index contributed by atoms with van der Waals surface area (Å²) in [6.07, 6.45) is 2.01. The molecule has 0 unspecified atom stereocenters. The lowest BCUT2D eigenvalue weighted by Crippen LogP contribution is -2.25. The van der Waals surface area contributed by atoms with Gasteiger partial charge in [-0.15, -0.1) is 0 Å². The lowest BCUT2D eigenvalue weighted by Gasteiger charge is -2.20. The quantitative estimate of drug-likeness (QED) is 0.515. The molecular formula is C20H16ClN3O. The molecular weight excluding hydrogens is 334 g/mol. The van der Waals surface area contributed by atoms with Gasteiger partial charge in [-0.2, -0.15) is 5.10 Å². The Morgan fingerprint density at radius 1 is 1.12 bits per heavy atom. The Hall–Kier alpha value is -2.59. The maximum atomic E-state index is 13.2. The smallest absolute Gasteiger partial charge is 0.262 e.